The van der Waals surface area contributed by atoms with E-state index >= 15 is 0 Å². The first-order valence-electron chi connectivity index (χ1n) is 2.72. The van der Waals surface area contributed by atoms with Gasteiger partial charge in [0, 0.05) is 6.21 Å². The molecular formula is C6H7NO4. The molecule has 0 aromatic carbocycles. The topological polar surface area (TPSA) is 87.0 Å². The summed E-state index contributed by atoms with van der Waals surface area (Å²) in [5, 5.41) is 16.3. The van der Waals surface area contributed by atoms with E-state index in [1.165, 1.54) is 0 Å². The Morgan fingerprint density at radius 1 is 1.55 bits per heavy atom. The smallest absolute Gasteiger partial charge is 0.325 e. The third kappa shape index (κ3) is 4.83. The Hall–Kier alpha value is -1.65. The van der Waals surface area contributed by atoms with Crippen LogP contribution in [0.1, 0.15) is 0 Å². The highest BCUT2D eigenvalue weighted by atomic mass is 16.4. The number of aliphatic carboxylic acids is 1. The van der Waals surface area contributed by atoms with Gasteiger partial charge in [-0.05, 0) is 0 Å². The number of carbonyl (C=O) groups is 2. The summed E-state index contributed by atoms with van der Waals surface area (Å²) in [6.45, 7) is -0.412. The van der Waals surface area contributed by atoms with Gasteiger partial charge in [0.1, 0.15) is 6.54 Å². The van der Waals surface area contributed by atoms with Crippen LogP contribution in [-0.2, 0) is 9.59 Å². The van der Waals surface area contributed by atoms with Crippen LogP contribution < -0.4 is 0 Å². The van der Waals surface area contributed by atoms with Crippen LogP contribution >= 0.6 is 0 Å². The van der Waals surface area contributed by atoms with Crippen LogP contribution in [-0.4, -0.2) is 35.2 Å². The number of hydrogen-bond acceptors (Lipinski definition) is 4. The molecule has 0 saturated carbocycles. The van der Waals surface area contributed by atoms with Gasteiger partial charge in [-0.25, -0.2) is 0 Å². The highest BCUT2D eigenvalue weighted by Gasteiger charge is 1.91. The van der Waals surface area contributed by atoms with Gasteiger partial charge in [-0.1, -0.05) is 0 Å². The van der Waals surface area contributed by atoms with E-state index in [0.717, 1.165) is 6.21 Å². The Labute approximate surface area is 62.7 Å². The Kier molecular flexibility index (Phi) is 4.39. The van der Waals surface area contributed by atoms with Crippen molar-refractivity contribution in [2.45, 2.75) is 0 Å². The Bertz CT molecular complexity index is 207. The molecule has 11 heavy (non-hydrogen) atoms. The minimum Gasteiger partial charge on any atom is -0.515 e. The molecule has 0 aliphatic rings. The SMILES string of the molecule is O=C/C(C=NCC(=O)O)=C/O. The zero-order chi connectivity index (χ0) is 8.69. The average molecular weight is 157 g/mol. The lowest BCUT2D eigenvalue weighted by Crippen LogP contribution is -2.00. The minimum absolute atomic E-state index is 0.0637. The van der Waals surface area contributed by atoms with Crippen molar-refractivity contribution in [1.29, 1.82) is 0 Å². The summed E-state index contributed by atoms with van der Waals surface area (Å²) in [7, 11) is 0. The Morgan fingerprint density at radius 2 is 2.18 bits per heavy atom. The van der Waals surface area contributed by atoms with Crippen LogP contribution in [0.25, 0.3) is 0 Å². The standard InChI is InChI=1S/C6H7NO4/c8-3-5(4-9)1-7-2-6(10)11/h1,3-4,8H,2H2,(H,10,11)/b5-3+,7-1?. The number of allylic oxidation sites excluding steroid dienone is 1. The normalized spacial score (nSPS) is 11.8. The van der Waals surface area contributed by atoms with Gasteiger partial charge in [-0.2, -0.15) is 0 Å². The maximum absolute atomic E-state index is 9.94. The Balaban J connectivity index is 3.91. The average Bonchev–Trinajstić information content (AvgIpc) is 1.98. The van der Waals surface area contributed by atoms with Crippen LogP contribution in [0.2, 0.25) is 0 Å². The van der Waals surface area contributed by atoms with Crippen LogP contribution in [0.5, 0.6) is 0 Å². The summed E-state index contributed by atoms with van der Waals surface area (Å²) in [5.41, 5.74) is -0.0637. The van der Waals surface area contributed by atoms with E-state index in [2.05, 4.69) is 4.99 Å². The lowest BCUT2D eigenvalue weighted by molar-refractivity contribution is -0.135. The zero-order valence-electron chi connectivity index (χ0n) is 5.60. The van der Waals surface area contributed by atoms with Gasteiger partial charge in [0.25, 0.3) is 0 Å². The summed E-state index contributed by atoms with van der Waals surface area (Å²) in [6, 6.07) is 0. The number of rotatable bonds is 4. The van der Waals surface area contributed by atoms with Crippen molar-refractivity contribution in [3.05, 3.63) is 11.8 Å². The van der Waals surface area contributed by atoms with E-state index in [1.807, 2.05) is 0 Å². The fraction of sp³-hybridized carbons (Fsp3) is 0.167. The van der Waals surface area contributed by atoms with Gasteiger partial charge in [0.2, 0.25) is 0 Å². The van der Waals surface area contributed by atoms with E-state index in [1.54, 1.807) is 0 Å². The van der Waals surface area contributed by atoms with Crippen LogP contribution in [0, 0.1) is 0 Å². The monoisotopic (exact) mass is 157 g/mol. The summed E-state index contributed by atoms with van der Waals surface area (Å²) >= 11 is 0. The third-order valence-electron chi connectivity index (χ3n) is 0.752. The molecule has 5 heteroatoms. The van der Waals surface area contributed by atoms with E-state index in [-0.39, 0.29) is 5.57 Å². The highest BCUT2D eigenvalue weighted by molar-refractivity contribution is 6.01. The van der Waals surface area contributed by atoms with Gasteiger partial charge in [-0.3, -0.25) is 14.6 Å². The van der Waals surface area contributed by atoms with Crippen LogP contribution in [0.15, 0.2) is 16.8 Å². The first kappa shape index (κ1) is 9.35. The quantitative estimate of drug-likeness (QED) is 0.255. The molecule has 0 aromatic rings. The van der Waals surface area contributed by atoms with Gasteiger partial charge in [-0.15, -0.1) is 0 Å². The molecule has 0 heterocycles. The largest absolute Gasteiger partial charge is 0.515 e. The van der Waals surface area contributed by atoms with Crippen LogP contribution in [0.3, 0.4) is 0 Å². The van der Waals surface area contributed by atoms with E-state index in [9.17, 15) is 9.59 Å². The number of carboxylic acids is 1. The molecule has 0 aromatic heterocycles. The number of aliphatic hydroxyl groups excluding tert-OH is 1. The summed E-state index contributed by atoms with van der Waals surface area (Å²) < 4.78 is 0. The van der Waals surface area contributed by atoms with Gasteiger partial charge >= 0.3 is 5.97 Å². The molecule has 0 unspecified atom stereocenters. The highest BCUT2D eigenvalue weighted by Crippen LogP contribution is 1.81. The first-order chi connectivity index (χ1) is 5.20. The van der Waals surface area contributed by atoms with Crippen molar-refractivity contribution in [3.8, 4) is 0 Å². The lowest BCUT2D eigenvalue weighted by Gasteiger charge is -1.85. The number of carboxylic acid groups (broad SMARTS) is 1. The summed E-state index contributed by atoms with van der Waals surface area (Å²) in [5.74, 6) is -1.09. The fourth-order valence-electron chi connectivity index (χ4n) is 0.323. The first-order valence-corrected chi connectivity index (χ1v) is 2.72. The van der Waals surface area contributed by atoms with E-state index < -0.39 is 12.5 Å². The molecule has 2 N–H and O–H groups in total. The maximum atomic E-state index is 9.94. The number of aliphatic hydroxyl groups is 1. The summed E-state index contributed by atoms with van der Waals surface area (Å²) in [4.78, 5) is 23.1. The molecular weight excluding hydrogens is 150 g/mol. The van der Waals surface area contributed by atoms with Gasteiger partial charge in [0.05, 0.1) is 11.8 Å². The molecule has 0 rings (SSSR count). The molecule has 5 nitrogen and oxygen atoms in total. The zero-order valence-corrected chi connectivity index (χ0v) is 5.60. The van der Waals surface area contributed by atoms with Crippen LogP contribution in [0.4, 0.5) is 0 Å². The molecule has 0 aliphatic heterocycles. The molecule has 0 atom stereocenters. The molecule has 0 bridgehead atoms. The second-order valence-corrected chi connectivity index (χ2v) is 1.61. The number of hydrogen-bond donors (Lipinski definition) is 2. The van der Waals surface area contributed by atoms with E-state index in [0.29, 0.717) is 12.5 Å². The molecule has 60 valence electrons. The van der Waals surface area contributed by atoms with Crippen molar-refractivity contribution in [3.63, 3.8) is 0 Å². The van der Waals surface area contributed by atoms with Crippen molar-refractivity contribution in [2.75, 3.05) is 6.54 Å². The van der Waals surface area contributed by atoms with Gasteiger partial charge < -0.3 is 10.2 Å². The van der Waals surface area contributed by atoms with Crippen molar-refractivity contribution in [2.24, 2.45) is 4.99 Å². The predicted octanol–water partition coefficient (Wildman–Crippen LogP) is -0.217. The van der Waals surface area contributed by atoms with Crippen molar-refractivity contribution in [1.82, 2.24) is 0 Å². The predicted molar refractivity (Wildman–Crippen MR) is 37.8 cm³/mol. The van der Waals surface area contributed by atoms with Crippen molar-refractivity contribution < 1.29 is 19.8 Å². The number of nitrogens with zero attached hydrogens (tertiary/aromatic N) is 1. The second kappa shape index (κ2) is 5.16. The third-order valence-corrected chi connectivity index (χ3v) is 0.752. The molecule has 0 amide bonds. The minimum atomic E-state index is -1.09. The maximum Gasteiger partial charge on any atom is 0.325 e. The molecule has 0 spiro atoms. The van der Waals surface area contributed by atoms with E-state index in [4.69, 9.17) is 10.2 Å². The Morgan fingerprint density at radius 3 is 2.55 bits per heavy atom. The molecule has 0 aliphatic carbocycles. The lowest BCUT2D eigenvalue weighted by atomic mass is 10.4. The summed E-state index contributed by atoms with van der Waals surface area (Å²) in [6.07, 6.45) is 1.91. The van der Waals surface area contributed by atoms with Crippen molar-refractivity contribution >= 4 is 18.5 Å². The molecule has 0 radical (unpaired) electrons. The number of aldehydes is 1. The number of aliphatic imine (C=N–C) groups is 1. The second-order valence-electron chi connectivity index (χ2n) is 1.61. The number of carbonyl (C=O) groups excluding carboxylic acids is 1. The molecule has 0 fully saturated rings. The molecule has 0 saturated heterocycles. The van der Waals surface area contributed by atoms with Gasteiger partial charge in [0.15, 0.2) is 6.29 Å². The fourth-order valence-corrected chi connectivity index (χ4v) is 0.323.